The number of amides is 3. The van der Waals surface area contributed by atoms with Crippen molar-refractivity contribution in [3.05, 3.63) is 117 Å². The lowest BCUT2D eigenvalue weighted by atomic mass is 10.2. The lowest BCUT2D eigenvalue weighted by molar-refractivity contribution is -0.116. The first-order valence-corrected chi connectivity index (χ1v) is 14.9. The van der Waals surface area contributed by atoms with Gasteiger partial charge in [-0.15, -0.1) is 23.1 Å². The highest BCUT2D eigenvalue weighted by molar-refractivity contribution is 8.00. The molecule has 1 heterocycles. The Hall–Kier alpha value is -4.38. The fourth-order valence-corrected chi connectivity index (χ4v) is 5.59. The lowest BCUT2D eigenvalue weighted by Gasteiger charge is -2.16. The van der Waals surface area contributed by atoms with Gasteiger partial charge in [0.1, 0.15) is 5.70 Å². The maximum Gasteiger partial charge on any atom is 0.335 e. The number of thioether (sulfide) groups is 1. The van der Waals surface area contributed by atoms with Crippen molar-refractivity contribution in [3.8, 4) is 0 Å². The van der Waals surface area contributed by atoms with Crippen LogP contribution in [0.25, 0.3) is 6.08 Å². The van der Waals surface area contributed by atoms with Gasteiger partial charge in [-0.05, 0) is 72.5 Å². The first-order chi connectivity index (χ1) is 20.2. The van der Waals surface area contributed by atoms with Gasteiger partial charge in [0.15, 0.2) is 0 Å². The van der Waals surface area contributed by atoms with E-state index in [1.54, 1.807) is 54.6 Å². The average molecular weight is 620 g/mol. The molecule has 0 aliphatic heterocycles. The first-order valence-electron chi connectivity index (χ1n) is 12.8. The molecule has 4 aromatic rings. The van der Waals surface area contributed by atoms with Gasteiger partial charge < -0.3 is 21.1 Å². The van der Waals surface area contributed by atoms with Crippen LogP contribution in [0.4, 0.5) is 11.4 Å². The number of carboxylic acid groups (broad SMARTS) is 1. The van der Waals surface area contributed by atoms with Crippen molar-refractivity contribution in [2.24, 2.45) is 0 Å². The minimum atomic E-state index is -1.13. The molecule has 4 N–H and O–H groups in total. The Bertz CT molecular complexity index is 1620. The highest BCUT2D eigenvalue weighted by Crippen LogP contribution is 2.30. The predicted molar refractivity (Wildman–Crippen MR) is 168 cm³/mol. The van der Waals surface area contributed by atoms with Gasteiger partial charge in [-0.2, -0.15) is 0 Å². The first kappa shape index (κ1) is 30.6. The van der Waals surface area contributed by atoms with Crippen molar-refractivity contribution in [1.29, 1.82) is 0 Å². The van der Waals surface area contributed by atoms with Crippen molar-refractivity contribution in [2.45, 2.75) is 23.5 Å². The van der Waals surface area contributed by atoms with Crippen LogP contribution in [-0.4, -0.2) is 34.0 Å². The van der Waals surface area contributed by atoms with E-state index in [1.165, 1.54) is 41.3 Å². The number of nitrogens with one attached hydrogen (secondary N) is 3. The molecule has 0 bridgehead atoms. The van der Waals surface area contributed by atoms with E-state index in [0.29, 0.717) is 17.7 Å². The van der Waals surface area contributed by atoms with Crippen LogP contribution in [0.5, 0.6) is 0 Å². The van der Waals surface area contributed by atoms with Crippen LogP contribution < -0.4 is 16.0 Å². The van der Waals surface area contributed by atoms with Gasteiger partial charge in [0.25, 0.3) is 11.8 Å². The number of hydrogen-bond donors (Lipinski definition) is 4. The van der Waals surface area contributed by atoms with E-state index in [2.05, 4.69) is 16.0 Å². The van der Waals surface area contributed by atoms with E-state index >= 15 is 0 Å². The number of aromatic carboxylic acids is 1. The summed E-state index contributed by atoms with van der Waals surface area (Å²) in [5.41, 5.74) is 1.19. The Morgan fingerprint density at radius 2 is 1.71 bits per heavy atom. The molecule has 0 saturated heterocycles. The number of carboxylic acids is 1. The molecule has 214 valence electrons. The van der Waals surface area contributed by atoms with Gasteiger partial charge in [-0.1, -0.05) is 48.9 Å². The second-order valence-corrected chi connectivity index (χ2v) is 11.5. The van der Waals surface area contributed by atoms with Crippen LogP contribution >= 0.6 is 34.7 Å². The molecule has 0 aliphatic carbocycles. The number of carbonyl (C=O) groups is 4. The third-order valence-corrected chi connectivity index (χ3v) is 8.37. The second-order valence-electron chi connectivity index (χ2n) is 8.88. The Balaban J connectivity index is 1.47. The molecule has 3 aromatic carbocycles. The fraction of sp³-hybridized carbons (Fsp3) is 0.0968. The normalized spacial score (nSPS) is 11.8. The average Bonchev–Trinajstić information content (AvgIpc) is 3.50. The number of hydrogen-bond acceptors (Lipinski definition) is 6. The van der Waals surface area contributed by atoms with Gasteiger partial charge in [-0.3, -0.25) is 14.4 Å². The number of anilines is 2. The zero-order valence-corrected chi connectivity index (χ0v) is 24.7. The topological polar surface area (TPSA) is 125 Å². The SMILES string of the molecule is CCC(Sc1cccc(NC(=O)/C(=C/c2cccs2)NC(=O)c2ccccc2)c1)C(=O)Nc1cc(C(=O)O)ccc1Cl. The molecule has 0 radical (unpaired) electrons. The molecule has 0 fully saturated rings. The standard InChI is InChI=1S/C31H26ClN3O5S2/c1-2-27(30(38)34-25-16-20(31(39)40)13-14-24(25)32)42-23-11-6-10-21(17-23)33-29(37)26(18-22-12-7-15-41-22)35-28(36)19-8-4-3-5-9-19/h3-18,27H,2H2,1H3,(H,33,37)(H,34,38)(H,35,36)(H,39,40)/b26-18-. The number of rotatable bonds is 11. The molecular weight excluding hydrogens is 594 g/mol. The van der Waals surface area contributed by atoms with E-state index in [1.807, 2.05) is 30.5 Å². The van der Waals surface area contributed by atoms with Gasteiger partial charge >= 0.3 is 5.97 Å². The van der Waals surface area contributed by atoms with Gasteiger partial charge in [0, 0.05) is 21.0 Å². The Labute approximate surface area is 255 Å². The minimum Gasteiger partial charge on any atom is -0.478 e. The third-order valence-electron chi connectivity index (χ3n) is 5.86. The Kier molecular flexibility index (Phi) is 10.6. The molecule has 0 aliphatic rings. The summed E-state index contributed by atoms with van der Waals surface area (Å²) in [6.07, 6.45) is 2.09. The smallest absolute Gasteiger partial charge is 0.335 e. The highest BCUT2D eigenvalue weighted by Gasteiger charge is 2.21. The van der Waals surface area contributed by atoms with Gasteiger partial charge in [0.2, 0.25) is 5.91 Å². The van der Waals surface area contributed by atoms with Crippen LogP contribution in [-0.2, 0) is 9.59 Å². The van der Waals surface area contributed by atoms with E-state index < -0.39 is 23.0 Å². The van der Waals surface area contributed by atoms with E-state index in [0.717, 1.165) is 9.77 Å². The van der Waals surface area contributed by atoms with Crippen molar-refractivity contribution in [2.75, 3.05) is 10.6 Å². The van der Waals surface area contributed by atoms with Crippen molar-refractivity contribution in [3.63, 3.8) is 0 Å². The summed E-state index contributed by atoms with van der Waals surface area (Å²) in [6, 6.07) is 23.4. The molecule has 0 saturated carbocycles. The zero-order chi connectivity index (χ0) is 30.1. The monoisotopic (exact) mass is 619 g/mol. The van der Waals surface area contributed by atoms with Crippen LogP contribution in [0.3, 0.4) is 0 Å². The third kappa shape index (κ3) is 8.32. The van der Waals surface area contributed by atoms with Crippen molar-refractivity contribution >= 4 is 75.8 Å². The van der Waals surface area contributed by atoms with Crippen molar-refractivity contribution < 1.29 is 24.3 Å². The number of halogens is 1. The summed E-state index contributed by atoms with van der Waals surface area (Å²) in [6.45, 7) is 1.86. The molecular formula is C31H26ClN3O5S2. The maximum absolute atomic E-state index is 13.3. The fourth-order valence-electron chi connectivity index (χ4n) is 3.76. The van der Waals surface area contributed by atoms with Crippen LogP contribution in [0.2, 0.25) is 5.02 Å². The van der Waals surface area contributed by atoms with E-state index in [-0.39, 0.29) is 27.9 Å². The zero-order valence-electron chi connectivity index (χ0n) is 22.3. The number of thiophene rings is 1. The molecule has 1 atom stereocenters. The van der Waals surface area contributed by atoms with Crippen molar-refractivity contribution in [1.82, 2.24) is 5.32 Å². The maximum atomic E-state index is 13.3. The summed E-state index contributed by atoms with van der Waals surface area (Å²) in [5.74, 6) is -2.39. The molecule has 1 unspecified atom stereocenters. The van der Waals surface area contributed by atoms with E-state index in [4.69, 9.17) is 11.6 Å². The molecule has 11 heteroatoms. The van der Waals surface area contributed by atoms with E-state index in [9.17, 15) is 24.3 Å². The largest absolute Gasteiger partial charge is 0.478 e. The molecule has 1 aromatic heterocycles. The summed E-state index contributed by atoms with van der Waals surface area (Å²) in [5, 5.41) is 19.1. The summed E-state index contributed by atoms with van der Waals surface area (Å²) >= 11 is 8.89. The molecule has 0 spiro atoms. The number of carbonyl (C=O) groups excluding carboxylic acids is 3. The Morgan fingerprint density at radius 1 is 0.929 bits per heavy atom. The quantitative estimate of drug-likeness (QED) is 0.106. The summed E-state index contributed by atoms with van der Waals surface area (Å²) in [4.78, 5) is 52.0. The van der Waals surface area contributed by atoms with Gasteiger partial charge in [0.05, 0.1) is 21.5 Å². The predicted octanol–water partition coefficient (Wildman–Crippen LogP) is 7.02. The Morgan fingerprint density at radius 3 is 2.40 bits per heavy atom. The second kappa shape index (κ2) is 14.5. The minimum absolute atomic E-state index is 0.00583. The van der Waals surface area contributed by atoms with Crippen LogP contribution in [0.15, 0.2) is 101 Å². The molecule has 4 rings (SSSR count). The van der Waals surface area contributed by atoms with Crippen LogP contribution in [0, 0.1) is 0 Å². The molecule has 8 nitrogen and oxygen atoms in total. The van der Waals surface area contributed by atoms with Crippen LogP contribution in [0.1, 0.15) is 38.9 Å². The molecule has 42 heavy (non-hydrogen) atoms. The summed E-state index contributed by atoms with van der Waals surface area (Å²) in [7, 11) is 0. The summed E-state index contributed by atoms with van der Waals surface area (Å²) < 4.78 is 0. The molecule has 3 amide bonds. The highest BCUT2D eigenvalue weighted by atomic mass is 35.5. The lowest BCUT2D eigenvalue weighted by Crippen LogP contribution is -2.30. The van der Waals surface area contributed by atoms with Gasteiger partial charge in [-0.25, -0.2) is 4.79 Å². The number of benzene rings is 3.